The van der Waals surface area contributed by atoms with Crippen molar-refractivity contribution < 1.29 is 83.2 Å². The molecule has 0 bridgehead atoms. The molecule has 1 aliphatic heterocycles. The van der Waals surface area contributed by atoms with Crippen molar-refractivity contribution in [2.75, 3.05) is 13.7 Å². The van der Waals surface area contributed by atoms with Crippen molar-refractivity contribution in [1.82, 2.24) is 10.6 Å². The standard InChI is InChI=1S/C22H25F7N2O11/c1-8(32)30-12-6-13(18(36)38-5)42-17(15(12)31-19(37)20(23,24)21(25,26)22(27,28)29)16(41-11(4)35)14(40-10(3)34)7-39-9(2)33/h6,12,14-17H,7H2,1-5H3,(H,30,32)(H,31,37)/t12-,14-,15-,16-,17-/m1/s1. The number of methoxy groups -OCH3 is 1. The van der Waals surface area contributed by atoms with Gasteiger partial charge in [-0.15, -0.1) is 0 Å². The Morgan fingerprint density at radius 2 is 1.43 bits per heavy atom. The molecule has 0 saturated heterocycles. The molecule has 1 rings (SSSR count). The van der Waals surface area contributed by atoms with Gasteiger partial charge in [0, 0.05) is 27.7 Å². The third-order valence-electron chi connectivity index (χ3n) is 5.19. The number of amides is 2. The third-order valence-corrected chi connectivity index (χ3v) is 5.19. The summed E-state index contributed by atoms with van der Waals surface area (Å²) in [5, 5.41) is 3.23. The van der Waals surface area contributed by atoms with Crippen LogP contribution in [0.3, 0.4) is 0 Å². The lowest BCUT2D eigenvalue weighted by Crippen LogP contribution is -2.68. The number of esters is 4. The molecule has 0 saturated carbocycles. The Kier molecular flexibility index (Phi) is 11.7. The molecule has 238 valence electrons. The number of alkyl halides is 7. The number of hydrogen-bond acceptors (Lipinski definition) is 11. The minimum Gasteiger partial charge on any atom is -0.477 e. The highest BCUT2D eigenvalue weighted by atomic mass is 19.4. The van der Waals surface area contributed by atoms with Gasteiger partial charge in [-0.2, -0.15) is 30.7 Å². The predicted octanol–water partition coefficient (Wildman–Crippen LogP) is 0.691. The third kappa shape index (κ3) is 8.68. The number of rotatable bonds is 11. The van der Waals surface area contributed by atoms with E-state index in [1.165, 1.54) is 5.32 Å². The summed E-state index contributed by atoms with van der Waals surface area (Å²) in [6.07, 6.45) is -12.7. The van der Waals surface area contributed by atoms with Crippen LogP contribution in [0.1, 0.15) is 27.7 Å². The quantitative estimate of drug-likeness (QED) is 0.188. The molecule has 0 fully saturated rings. The van der Waals surface area contributed by atoms with Crippen LogP contribution in [0.25, 0.3) is 0 Å². The molecule has 0 aromatic rings. The van der Waals surface area contributed by atoms with Crippen LogP contribution in [0.2, 0.25) is 0 Å². The number of carbonyl (C=O) groups is 6. The van der Waals surface area contributed by atoms with E-state index in [0.717, 1.165) is 34.8 Å². The summed E-state index contributed by atoms with van der Waals surface area (Å²) in [5.74, 6) is -23.2. The minimum absolute atomic E-state index is 0.618. The van der Waals surface area contributed by atoms with Crippen LogP contribution in [0, 0.1) is 0 Å². The van der Waals surface area contributed by atoms with E-state index in [1.54, 1.807) is 0 Å². The average molecular weight is 626 g/mol. The van der Waals surface area contributed by atoms with Crippen molar-refractivity contribution in [3.8, 4) is 0 Å². The fraction of sp³-hybridized carbons (Fsp3) is 0.636. The van der Waals surface area contributed by atoms with Gasteiger partial charge in [0.05, 0.1) is 19.2 Å². The topological polar surface area (TPSA) is 173 Å². The van der Waals surface area contributed by atoms with Gasteiger partial charge in [0.15, 0.2) is 18.3 Å². The van der Waals surface area contributed by atoms with E-state index < -0.39 is 96.5 Å². The molecule has 42 heavy (non-hydrogen) atoms. The maximum absolute atomic E-state index is 14.3. The summed E-state index contributed by atoms with van der Waals surface area (Å²) in [6, 6.07) is -4.29. The number of halogens is 7. The van der Waals surface area contributed by atoms with Crippen LogP contribution >= 0.6 is 0 Å². The molecule has 1 aliphatic rings. The maximum Gasteiger partial charge on any atom is 0.460 e. The number of carbonyl (C=O) groups excluding carboxylic acids is 6. The van der Waals surface area contributed by atoms with Crippen molar-refractivity contribution in [1.29, 1.82) is 0 Å². The first kappa shape index (κ1) is 35.9. The van der Waals surface area contributed by atoms with Crippen LogP contribution < -0.4 is 10.6 Å². The average Bonchev–Trinajstić information content (AvgIpc) is 2.83. The van der Waals surface area contributed by atoms with Crippen molar-refractivity contribution in [3.05, 3.63) is 11.8 Å². The lowest BCUT2D eigenvalue weighted by molar-refractivity contribution is -0.344. The lowest BCUT2D eigenvalue weighted by Gasteiger charge is -2.42. The van der Waals surface area contributed by atoms with Crippen LogP contribution in [-0.2, 0) is 52.5 Å². The van der Waals surface area contributed by atoms with Gasteiger partial charge in [-0.1, -0.05) is 0 Å². The van der Waals surface area contributed by atoms with E-state index >= 15 is 0 Å². The van der Waals surface area contributed by atoms with Crippen molar-refractivity contribution >= 4 is 35.7 Å². The molecule has 20 heteroatoms. The molecule has 0 aliphatic carbocycles. The second-order valence-corrected chi connectivity index (χ2v) is 8.50. The number of nitrogens with one attached hydrogen (secondary N) is 2. The van der Waals surface area contributed by atoms with Crippen LogP contribution in [0.5, 0.6) is 0 Å². The van der Waals surface area contributed by atoms with E-state index in [4.69, 9.17) is 18.9 Å². The molecule has 2 amide bonds. The second-order valence-electron chi connectivity index (χ2n) is 8.50. The van der Waals surface area contributed by atoms with Gasteiger partial charge >= 0.3 is 41.9 Å². The Morgan fingerprint density at radius 3 is 1.86 bits per heavy atom. The maximum atomic E-state index is 14.3. The van der Waals surface area contributed by atoms with Crippen molar-refractivity contribution in [2.45, 2.75) is 76.1 Å². The second kappa shape index (κ2) is 13.7. The van der Waals surface area contributed by atoms with Crippen LogP contribution in [0.15, 0.2) is 11.8 Å². The predicted molar refractivity (Wildman–Crippen MR) is 118 cm³/mol. The number of ether oxygens (including phenoxy) is 5. The molecule has 5 atom stereocenters. The first-order chi connectivity index (χ1) is 19.1. The SMILES string of the molecule is COC(=O)C1=C[C@@H](NC(C)=O)[C@@H](NC(=O)C(F)(F)C(F)(F)C(F)(F)F)[C@H]([C@H](OC(C)=O)[C@@H](COC(C)=O)OC(C)=O)O1. The summed E-state index contributed by atoms with van der Waals surface area (Å²) in [5.41, 5.74) is 0. The van der Waals surface area contributed by atoms with Gasteiger partial charge in [0.1, 0.15) is 6.61 Å². The zero-order chi connectivity index (χ0) is 32.8. The summed E-state index contributed by atoms with van der Waals surface area (Å²) >= 11 is 0. The Labute approximate surface area is 232 Å². The van der Waals surface area contributed by atoms with E-state index in [2.05, 4.69) is 4.74 Å². The first-order valence-corrected chi connectivity index (χ1v) is 11.4. The van der Waals surface area contributed by atoms with Gasteiger partial charge < -0.3 is 34.3 Å². The van der Waals surface area contributed by atoms with E-state index in [-0.39, 0.29) is 0 Å². The van der Waals surface area contributed by atoms with Gasteiger partial charge in [-0.05, 0) is 6.08 Å². The Hall–Kier alpha value is -4.13. The fourth-order valence-electron chi connectivity index (χ4n) is 3.47. The largest absolute Gasteiger partial charge is 0.477 e. The van der Waals surface area contributed by atoms with Crippen LogP contribution in [-0.4, -0.2) is 97.8 Å². The minimum atomic E-state index is -6.91. The highest BCUT2D eigenvalue weighted by Gasteiger charge is 2.76. The molecular weight excluding hydrogens is 601 g/mol. The molecule has 0 radical (unpaired) electrons. The Morgan fingerprint density at radius 1 is 0.881 bits per heavy atom. The molecule has 13 nitrogen and oxygen atoms in total. The van der Waals surface area contributed by atoms with Gasteiger partial charge in [-0.3, -0.25) is 24.0 Å². The molecule has 2 N–H and O–H groups in total. The summed E-state index contributed by atoms with van der Waals surface area (Å²) in [4.78, 5) is 71.5. The molecule has 0 aromatic carbocycles. The van der Waals surface area contributed by atoms with E-state index in [1.807, 2.05) is 5.32 Å². The Balaban J connectivity index is 3.87. The molecule has 1 heterocycles. The molecular formula is C22H25F7N2O11. The van der Waals surface area contributed by atoms with Gasteiger partial charge in [0.2, 0.25) is 11.7 Å². The normalized spacial score (nSPS) is 20.5. The monoisotopic (exact) mass is 626 g/mol. The highest BCUT2D eigenvalue weighted by molar-refractivity contribution is 5.88. The van der Waals surface area contributed by atoms with E-state index in [9.17, 15) is 59.5 Å². The van der Waals surface area contributed by atoms with Crippen LogP contribution in [0.4, 0.5) is 30.7 Å². The molecule has 0 unspecified atom stereocenters. The number of hydrogen-bond donors (Lipinski definition) is 2. The fourth-order valence-corrected chi connectivity index (χ4v) is 3.47. The van der Waals surface area contributed by atoms with Crippen molar-refractivity contribution in [2.24, 2.45) is 0 Å². The highest BCUT2D eigenvalue weighted by Crippen LogP contribution is 2.46. The van der Waals surface area contributed by atoms with Gasteiger partial charge in [-0.25, -0.2) is 4.79 Å². The first-order valence-electron chi connectivity index (χ1n) is 11.4. The van der Waals surface area contributed by atoms with Crippen molar-refractivity contribution in [3.63, 3.8) is 0 Å². The zero-order valence-electron chi connectivity index (χ0n) is 22.3. The molecule has 0 spiro atoms. The zero-order valence-corrected chi connectivity index (χ0v) is 22.3. The summed E-state index contributed by atoms with van der Waals surface area (Å²) < 4.78 is 118. The van der Waals surface area contributed by atoms with E-state index in [0.29, 0.717) is 6.08 Å². The Bertz CT molecular complexity index is 1110. The lowest BCUT2D eigenvalue weighted by atomic mass is 9.91. The summed E-state index contributed by atoms with van der Waals surface area (Å²) in [7, 11) is 0.828. The van der Waals surface area contributed by atoms with Gasteiger partial charge in [0.25, 0.3) is 5.91 Å². The molecule has 0 aromatic heterocycles. The summed E-state index contributed by atoms with van der Waals surface area (Å²) in [6.45, 7) is 2.32. The smallest absolute Gasteiger partial charge is 0.460 e.